The molecule has 182 valence electrons. The number of thiophene rings is 1. The summed E-state index contributed by atoms with van der Waals surface area (Å²) < 4.78 is 0. The van der Waals surface area contributed by atoms with Crippen LogP contribution in [-0.2, 0) is 4.79 Å². The minimum absolute atomic E-state index is 0.0752. The number of amides is 1. The van der Waals surface area contributed by atoms with Crippen LogP contribution < -0.4 is 5.32 Å². The zero-order chi connectivity index (χ0) is 24.8. The van der Waals surface area contributed by atoms with Crippen LogP contribution in [0.1, 0.15) is 25.7 Å². The van der Waals surface area contributed by atoms with E-state index in [9.17, 15) is 4.79 Å². The number of carbonyl (C=O) groups is 1. The van der Waals surface area contributed by atoms with Gasteiger partial charge < -0.3 is 10.3 Å². The van der Waals surface area contributed by atoms with E-state index in [0.717, 1.165) is 76.0 Å². The molecular weight excluding hydrogens is 482 g/mol. The predicted molar refractivity (Wildman–Crippen MR) is 146 cm³/mol. The number of anilines is 1. The van der Waals surface area contributed by atoms with Crippen molar-refractivity contribution in [1.29, 1.82) is 0 Å². The zero-order valence-corrected chi connectivity index (χ0v) is 20.7. The minimum Gasteiger partial charge on any atom is -0.338 e. The molecule has 1 fully saturated rings. The van der Waals surface area contributed by atoms with Crippen LogP contribution in [0, 0.1) is 5.92 Å². The van der Waals surface area contributed by atoms with Crippen LogP contribution in [-0.4, -0.2) is 36.0 Å². The molecule has 9 heteroatoms. The van der Waals surface area contributed by atoms with E-state index >= 15 is 0 Å². The first kappa shape index (κ1) is 21.9. The maximum absolute atomic E-state index is 12.6. The summed E-state index contributed by atoms with van der Waals surface area (Å²) in [6, 6.07) is 12.1. The maximum Gasteiger partial charge on any atom is 0.227 e. The minimum atomic E-state index is 0.0752. The van der Waals surface area contributed by atoms with E-state index in [1.165, 1.54) is 5.56 Å². The van der Waals surface area contributed by atoms with Crippen molar-refractivity contribution in [2.24, 2.45) is 5.92 Å². The Bertz CT molecular complexity index is 1750. The number of aromatic nitrogens is 6. The normalized spacial score (nSPS) is 14.1. The van der Waals surface area contributed by atoms with E-state index in [0.29, 0.717) is 5.69 Å². The Morgan fingerprint density at radius 1 is 1.05 bits per heavy atom. The Balaban J connectivity index is 1.25. The van der Waals surface area contributed by atoms with Crippen LogP contribution in [0.5, 0.6) is 0 Å². The van der Waals surface area contributed by atoms with Crippen molar-refractivity contribution in [3.63, 3.8) is 0 Å². The summed E-state index contributed by atoms with van der Waals surface area (Å²) in [7, 11) is 0. The molecule has 7 rings (SSSR count). The van der Waals surface area contributed by atoms with Crippen molar-refractivity contribution in [1.82, 2.24) is 30.1 Å². The van der Waals surface area contributed by atoms with Crippen LogP contribution in [0.25, 0.3) is 55.8 Å². The number of hydrogen-bond acceptors (Lipinski definition) is 6. The molecule has 0 aromatic carbocycles. The molecule has 6 heterocycles. The quantitative estimate of drug-likeness (QED) is 0.250. The molecule has 0 atom stereocenters. The van der Waals surface area contributed by atoms with Gasteiger partial charge in [-0.05, 0) is 71.1 Å². The molecule has 0 unspecified atom stereocenters. The largest absolute Gasteiger partial charge is 0.338 e. The van der Waals surface area contributed by atoms with Crippen molar-refractivity contribution in [3.05, 3.63) is 65.7 Å². The smallest absolute Gasteiger partial charge is 0.227 e. The SMILES string of the molecule is O=C(Nc1cncc(-c2ccc3[nH]nc(-c4cc5c(-c6ccsc6)ccnc5[nH]4)c3n2)c1)C1CCCC1. The van der Waals surface area contributed by atoms with E-state index in [1.54, 1.807) is 23.7 Å². The third-order valence-corrected chi connectivity index (χ3v) is 7.74. The Morgan fingerprint density at radius 2 is 1.97 bits per heavy atom. The summed E-state index contributed by atoms with van der Waals surface area (Å²) in [5, 5.41) is 16.0. The van der Waals surface area contributed by atoms with Gasteiger partial charge in [0.15, 0.2) is 0 Å². The van der Waals surface area contributed by atoms with Gasteiger partial charge in [0.05, 0.1) is 28.8 Å². The molecule has 6 aromatic heterocycles. The Hall–Kier alpha value is -4.37. The second-order valence-electron chi connectivity index (χ2n) is 9.41. The number of rotatable bonds is 5. The van der Waals surface area contributed by atoms with Gasteiger partial charge >= 0.3 is 0 Å². The van der Waals surface area contributed by atoms with E-state index in [4.69, 9.17) is 4.98 Å². The second kappa shape index (κ2) is 8.94. The third-order valence-electron chi connectivity index (χ3n) is 7.05. The molecule has 0 spiro atoms. The van der Waals surface area contributed by atoms with E-state index < -0.39 is 0 Å². The van der Waals surface area contributed by atoms with Crippen molar-refractivity contribution in [2.75, 3.05) is 5.32 Å². The zero-order valence-electron chi connectivity index (χ0n) is 19.9. The number of hydrogen-bond donors (Lipinski definition) is 3. The molecule has 1 aliphatic rings. The fourth-order valence-electron chi connectivity index (χ4n) is 5.15. The Labute approximate surface area is 216 Å². The standard InChI is InChI=1S/C28H23N7OS/c36-28(16-3-1-2-4-16)31-19-11-18(13-29-14-19)22-5-6-23-25(32-22)26(35-34-23)24-12-21-20(17-8-10-37-15-17)7-9-30-27(21)33-24/h5-16H,1-4H2,(H,30,33)(H,31,36)(H,34,35). The topological polar surface area (TPSA) is 112 Å². The van der Waals surface area contributed by atoms with Gasteiger partial charge in [0.1, 0.15) is 16.9 Å². The lowest BCUT2D eigenvalue weighted by atomic mass is 10.1. The van der Waals surface area contributed by atoms with Crippen LogP contribution in [0.4, 0.5) is 5.69 Å². The fraction of sp³-hybridized carbons (Fsp3) is 0.179. The van der Waals surface area contributed by atoms with E-state index in [-0.39, 0.29) is 11.8 Å². The van der Waals surface area contributed by atoms with Crippen LogP contribution in [0.15, 0.2) is 65.7 Å². The van der Waals surface area contributed by atoms with Crippen LogP contribution in [0.2, 0.25) is 0 Å². The van der Waals surface area contributed by atoms with Gasteiger partial charge in [0, 0.05) is 29.3 Å². The average Bonchev–Trinajstić information content (AvgIpc) is 3.74. The highest BCUT2D eigenvalue weighted by molar-refractivity contribution is 7.08. The molecule has 1 aliphatic carbocycles. The van der Waals surface area contributed by atoms with Crippen molar-refractivity contribution < 1.29 is 4.79 Å². The van der Waals surface area contributed by atoms with Crippen molar-refractivity contribution in [3.8, 4) is 33.8 Å². The highest BCUT2D eigenvalue weighted by atomic mass is 32.1. The van der Waals surface area contributed by atoms with Gasteiger partial charge in [0.25, 0.3) is 0 Å². The molecular formula is C28H23N7OS. The van der Waals surface area contributed by atoms with Crippen molar-refractivity contribution in [2.45, 2.75) is 25.7 Å². The number of fused-ring (bicyclic) bond motifs is 2. The first-order valence-corrected chi connectivity index (χ1v) is 13.3. The Kier molecular flexibility index (Phi) is 5.28. The van der Waals surface area contributed by atoms with Gasteiger partial charge in [0.2, 0.25) is 5.91 Å². The highest BCUT2D eigenvalue weighted by Crippen LogP contribution is 2.34. The van der Waals surface area contributed by atoms with Crippen LogP contribution >= 0.6 is 11.3 Å². The van der Waals surface area contributed by atoms with Gasteiger partial charge in [-0.25, -0.2) is 9.97 Å². The van der Waals surface area contributed by atoms with Gasteiger partial charge in [-0.2, -0.15) is 16.4 Å². The molecule has 3 N–H and O–H groups in total. The summed E-state index contributed by atoms with van der Waals surface area (Å²) in [5.74, 6) is 0.170. The summed E-state index contributed by atoms with van der Waals surface area (Å²) in [5.41, 5.74) is 8.54. The molecule has 0 aliphatic heterocycles. The molecule has 0 bridgehead atoms. The molecule has 1 amide bonds. The predicted octanol–water partition coefficient (Wildman–Crippen LogP) is 6.42. The van der Waals surface area contributed by atoms with Crippen molar-refractivity contribution >= 4 is 45.0 Å². The van der Waals surface area contributed by atoms with Gasteiger partial charge in [-0.3, -0.25) is 14.9 Å². The van der Waals surface area contributed by atoms with E-state index in [1.807, 2.05) is 30.5 Å². The van der Waals surface area contributed by atoms with Gasteiger partial charge in [-0.1, -0.05) is 12.8 Å². The number of H-pyrrole nitrogens is 2. The third kappa shape index (κ3) is 3.97. The summed E-state index contributed by atoms with van der Waals surface area (Å²) in [6.07, 6.45) is 9.42. The summed E-state index contributed by atoms with van der Waals surface area (Å²) in [4.78, 5) is 29.9. The Morgan fingerprint density at radius 3 is 2.84 bits per heavy atom. The van der Waals surface area contributed by atoms with Crippen LogP contribution in [0.3, 0.4) is 0 Å². The number of nitrogens with zero attached hydrogens (tertiary/aromatic N) is 4. The lowest BCUT2D eigenvalue weighted by Crippen LogP contribution is -2.20. The molecule has 6 aromatic rings. The number of carbonyl (C=O) groups excluding carboxylic acids is 1. The molecule has 1 saturated carbocycles. The molecule has 8 nitrogen and oxygen atoms in total. The van der Waals surface area contributed by atoms with Gasteiger partial charge in [-0.15, -0.1) is 0 Å². The maximum atomic E-state index is 12.6. The number of pyridine rings is 3. The highest BCUT2D eigenvalue weighted by Gasteiger charge is 2.23. The lowest BCUT2D eigenvalue weighted by molar-refractivity contribution is -0.119. The van der Waals surface area contributed by atoms with E-state index in [2.05, 4.69) is 53.4 Å². The molecule has 0 saturated heterocycles. The first-order valence-electron chi connectivity index (χ1n) is 12.3. The first-order chi connectivity index (χ1) is 18.2. The monoisotopic (exact) mass is 505 g/mol. The average molecular weight is 506 g/mol. The second-order valence-corrected chi connectivity index (χ2v) is 10.2. The molecule has 0 radical (unpaired) electrons. The lowest BCUT2D eigenvalue weighted by Gasteiger charge is -2.11. The molecule has 37 heavy (non-hydrogen) atoms. The fourth-order valence-corrected chi connectivity index (χ4v) is 5.81. The number of aromatic amines is 2. The summed E-state index contributed by atoms with van der Waals surface area (Å²) in [6.45, 7) is 0. The summed E-state index contributed by atoms with van der Waals surface area (Å²) >= 11 is 1.67. The number of nitrogens with one attached hydrogen (secondary N) is 3.